The minimum absolute atomic E-state index is 0.0510. The molecule has 1 aliphatic heterocycles. The molecule has 7 nitrogen and oxygen atoms in total. The Hall–Kier alpha value is -2.80. The molecule has 3 aromatic rings. The predicted octanol–water partition coefficient (Wildman–Crippen LogP) is 1.46. The molecule has 3 aromatic heterocycles. The van der Waals surface area contributed by atoms with Gasteiger partial charge in [0.15, 0.2) is 0 Å². The molecule has 0 bridgehead atoms. The van der Waals surface area contributed by atoms with Gasteiger partial charge in [0.25, 0.3) is 5.91 Å². The highest BCUT2D eigenvalue weighted by Crippen LogP contribution is 2.18. The first-order valence-electron chi connectivity index (χ1n) is 8.34. The van der Waals surface area contributed by atoms with Crippen LogP contribution in [0.5, 0.6) is 0 Å². The van der Waals surface area contributed by atoms with E-state index in [1.165, 1.54) is 6.33 Å². The van der Waals surface area contributed by atoms with Gasteiger partial charge in [0.2, 0.25) is 0 Å². The zero-order chi connectivity index (χ0) is 17.1. The first kappa shape index (κ1) is 15.7. The van der Waals surface area contributed by atoms with Crippen LogP contribution in [0.15, 0.2) is 49.4 Å². The average molecular weight is 337 g/mol. The van der Waals surface area contributed by atoms with Crippen molar-refractivity contribution in [1.29, 1.82) is 0 Å². The third-order valence-electron chi connectivity index (χ3n) is 4.45. The summed E-state index contributed by atoms with van der Waals surface area (Å²) in [5.41, 5.74) is 2.63. The van der Waals surface area contributed by atoms with Gasteiger partial charge in [-0.15, -0.1) is 0 Å². The highest BCUT2D eigenvalue weighted by atomic mass is 16.5. The van der Waals surface area contributed by atoms with Gasteiger partial charge >= 0.3 is 0 Å². The molecule has 25 heavy (non-hydrogen) atoms. The van der Waals surface area contributed by atoms with Crippen LogP contribution in [0.2, 0.25) is 0 Å². The number of rotatable bonds is 3. The van der Waals surface area contributed by atoms with E-state index >= 15 is 0 Å². The largest absolute Gasteiger partial charge is 0.379 e. The van der Waals surface area contributed by atoms with E-state index in [4.69, 9.17) is 4.74 Å². The Morgan fingerprint density at radius 1 is 1.28 bits per heavy atom. The normalized spacial score (nSPS) is 18.2. The van der Waals surface area contributed by atoms with Crippen LogP contribution in [-0.2, 0) is 11.2 Å². The zero-order valence-corrected chi connectivity index (χ0v) is 13.8. The lowest BCUT2D eigenvalue weighted by atomic mass is 10.0. The van der Waals surface area contributed by atoms with Crippen LogP contribution in [0.3, 0.4) is 0 Å². The summed E-state index contributed by atoms with van der Waals surface area (Å²) >= 11 is 0. The second-order valence-corrected chi connectivity index (χ2v) is 6.20. The fourth-order valence-corrected chi connectivity index (χ4v) is 3.24. The highest BCUT2D eigenvalue weighted by Gasteiger charge is 2.24. The Morgan fingerprint density at radius 3 is 3.04 bits per heavy atom. The van der Waals surface area contributed by atoms with Crippen LogP contribution in [0.4, 0.5) is 0 Å². The van der Waals surface area contributed by atoms with Crippen molar-refractivity contribution in [2.24, 2.45) is 5.92 Å². The van der Waals surface area contributed by atoms with Gasteiger partial charge in [-0.3, -0.25) is 9.78 Å². The first-order chi connectivity index (χ1) is 12.3. The lowest BCUT2D eigenvalue weighted by Gasteiger charge is -2.23. The van der Waals surface area contributed by atoms with Crippen LogP contribution in [0, 0.1) is 5.92 Å². The van der Waals surface area contributed by atoms with E-state index in [0.717, 1.165) is 17.6 Å². The maximum absolute atomic E-state index is 12.7. The Labute approximate surface area is 145 Å². The van der Waals surface area contributed by atoms with E-state index in [2.05, 4.69) is 25.4 Å². The van der Waals surface area contributed by atoms with Crippen LogP contribution in [-0.4, -0.2) is 56.5 Å². The Bertz CT molecular complexity index is 864. The van der Waals surface area contributed by atoms with E-state index in [9.17, 15) is 4.79 Å². The topological polar surface area (TPSA) is 72.6 Å². The number of carbonyl (C=O) groups excluding carboxylic acids is 1. The van der Waals surface area contributed by atoms with Gasteiger partial charge in [-0.25, -0.2) is 9.97 Å². The molecular formula is C18H19N5O2. The Kier molecular flexibility index (Phi) is 4.39. The van der Waals surface area contributed by atoms with E-state index in [1.807, 2.05) is 29.6 Å². The summed E-state index contributed by atoms with van der Waals surface area (Å²) in [6.07, 6.45) is 11.1. The van der Waals surface area contributed by atoms with Crippen molar-refractivity contribution in [2.75, 3.05) is 26.3 Å². The summed E-state index contributed by atoms with van der Waals surface area (Å²) in [5.74, 6) is 0.148. The summed E-state index contributed by atoms with van der Waals surface area (Å²) in [7, 11) is 0. The molecule has 0 saturated carbocycles. The standard InChI is InChI=1S/C18H19N5O2/c24-18(15-9-19-13-20-10-15)23-6-7-25-12-14(11-23)8-16-17-2-1-4-22(17)5-3-21-16/h1-5,9-10,13-14H,6-8,11-12H2/t14-/m0/s1. The van der Waals surface area contributed by atoms with E-state index in [1.54, 1.807) is 12.4 Å². The number of carbonyl (C=O) groups is 1. The molecule has 7 heteroatoms. The van der Waals surface area contributed by atoms with Gasteiger partial charge in [0, 0.05) is 50.0 Å². The molecule has 0 N–H and O–H groups in total. The van der Waals surface area contributed by atoms with Crippen LogP contribution in [0.25, 0.3) is 5.52 Å². The van der Waals surface area contributed by atoms with Crippen LogP contribution < -0.4 is 0 Å². The lowest BCUT2D eigenvalue weighted by Crippen LogP contribution is -2.36. The molecule has 0 spiro atoms. The molecule has 1 amide bonds. The van der Waals surface area contributed by atoms with Crippen molar-refractivity contribution in [1.82, 2.24) is 24.3 Å². The predicted molar refractivity (Wildman–Crippen MR) is 91.1 cm³/mol. The monoisotopic (exact) mass is 337 g/mol. The van der Waals surface area contributed by atoms with Gasteiger partial charge in [-0.2, -0.15) is 0 Å². The van der Waals surface area contributed by atoms with Gasteiger partial charge in [0.05, 0.1) is 30.0 Å². The summed E-state index contributed by atoms with van der Waals surface area (Å²) in [6.45, 7) is 2.38. The Morgan fingerprint density at radius 2 is 2.16 bits per heavy atom. The third-order valence-corrected chi connectivity index (χ3v) is 4.45. The van der Waals surface area contributed by atoms with E-state index in [-0.39, 0.29) is 11.8 Å². The van der Waals surface area contributed by atoms with Gasteiger partial charge in [0.1, 0.15) is 6.33 Å². The van der Waals surface area contributed by atoms with E-state index < -0.39 is 0 Å². The number of hydrogen-bond donors (Lipinski definition) is 0. The first-order valence-corrected chi connectivity index (χ1v) is 8.34. The molecule has 0 aliphatic carbocycles. The van der Waals surface area contributed by atoms with Gasteiger partial charge in [-0.1, -0.05) is 0 Å². The zero-order valence-electron chi connectivity index (χ0n) is 13.8. The summed E-state index contributed by atoms with van der Waals surface area (Å²) in [6, 6.07) is 4.07. The van der Waals surface area contributed by atoms with Gasteiger partial charge in [-0.05, 0) is 18.6 Å². The number of ether oxygens (including phenoxy) is 1. The van der Waals surface area contributed by atoms with Crippen LogP contribution in [0.1, 0.15) is 16.1 Å². The maximum atomic E-state index is 12.7. The molecule has 0 aromatic carbocycles. The fourth-order valence-electron chi connectivity index (χ4n) is 3.24. The molecular weight excluding hydrogens is 318 g/mol. The number of amides is 1. The van der Waals surface area contributed by atoms with Crippen molar-refractivity contribution >= 4 is 11.4 Å². The number of fused-ring (bicyclic) bond motifs is 1. The van der Waals surface area contributed by atoms with Crippen molar-refractivity contribution in [3.63, 3.8) is 0 Å². The highest BCUT2D eigenvalue weighted by molar-refractivity contribution is 5.93. The number of aromatic nitrogens is 4. The molecule has 1 fully saturated rings. The molecule has 1 atom stereocenters. The van der Waals surface area contributed by atoms with Crippen molar-refractivity contribution in [2.45, 2.75) is 6.42 Å². The quantitative estimate of drug-likeness (QED) is 0.723. The summed E-state index contributed by atoms with van der Waals surface area (Å²) in [5, 5.41) is 0. The smallest absolute Gasteiger partial charge is 0.257 e. The minimum Gasteiger partial charge on any atom is -0.379 e. The molecule has 4 rings (SSSR count). The summed E-state index contributed by atoms with van der Waals surface area (Å²) < 4.78 is 7.79. The fraction of sp³-hybridized carbons (Fsp3) is 0.333. The van der Waals surface area contributed by atoms with Crippen molar-refractivity contribution in [3.8, 4) is 0 Å². The molecule has 1 aliphatic rings. The second-order valence-electron chi connectivity index (χ2n) is 6.20. The van der Waals surface area contributed by atoms with E-state index in [0.29, 0.717) is 31.9 Å². The molecule has 4 heterocycles. The van der Waals surface area contributed by atoms with Gasteiger partial charge < -0.3 is 14.0 Å². The SMILES string of the molecule is O=C(c1cncnc1)N1CCOC[C@@H](Cc2nccn3cccc23)C1. The minimum atomic E-state index is -0.0510. The van der Waals surface area contributed by atoms with Crippen molar-refractivity contribution in [3.05, 3.63) is 60.7 Å². The lowest BCUT2D eigenvalue weighted by molar-refractivity contribution is 0.0736. The Balaban J connectivity index is 1.52. The third kappa shape index (κ3) is 3.36. The van der Waals surface area contributed by atoms with Crippen molar-refractivity contribution < 1.29 is 9.53 Å². The second kappa shape index (κ2) is 6.98. The summed E-state index contributed by atoms with van der Waals surface area (Å²) in [4.78, 5) is 26.9. The molecule has 1 saturated heterocycles. The average Bonchev–Trinajstić information content (AvgIpc) is 3.02. The molecule has 128 valence electrons. The molecule has 0 unspecified atom stereocenters. The number of hydrogen-bond acceptors (Lipinski definition) is 5. The van der Waals surface area contributed by atoms with Crippen LogP contribution >= 0.6 is 0 Å². The number of nitrogens with zero attached hydrogens (tertiary/aromatic N) is 5. The maximum Gasteiger partial charge on any atom is 0.257 e. The molecule has 0 radical (unpaired) electrons.